The SMILES string of the molecule is Cc1nc(NCCN)c(C(=O)O)nc1Br. The number of carboxylic acid groups (broad SMARTS) is 1. The Morgan fingerprint density at radius 1 is 1.60 bits per heavy atom. The highest BCUT2D eigenvalue weighted by molar-refractivity contribution is 9.10. The molecule has 0 aliphatic rings. The molecule has 6 nitrogen and oxygen atoms in total. The van der Waals surface area contributed by atoms with Crippen molar-refractivity contribution in [2.24, 2.45) is 5.73 Å². The summed E-state index contributed by atoms with van der Waals surface area (Å²) in [5.74, 6) is -0.878. The number of anilines is 1. The molecule has 0 atom stereocenters. The highest BCUT2D eigenvalue weighted by Crippen LogP contribution is 2.17. The molecule has 0 aromatic carbocycles. The first-order valence-electron chi connectivity index (χ1n) is 4.27. The van der Waals surface area contributed by atoms with Gasteiger partial charge in [0.15, 0.2) is 11.5 Å². The monoisotopic (exact) mass is 274 g/mol. The maximum absolute atomic E-state index is 10.9. The van der Waals surface area contributed by atoms with E-state index in [0.717, 1.165) is 0 Å². The highest BCUT2D eigenvalue weighted by atomic mass is 79.9. The Kier molecular flexibility index (Phi) is 3.98. The van der Waals surface area contributed by atoms with Crippen LogP contribution in [0.2, 0.25) is 0 Å². The summed E-state index contributed by atoms with van der Waals surface area (Å²) in [6.07, 6.45) is 0. The van der Waals surface area contributed by atoms with Crippen molar-refractivity contribution in [3.05, 3.63) is 16.0 Å². The largest absolute Gasteiger partial charge is 0.476 e. The average Bonchev–Trinajstić information content (AvgIpc) is 2.19. The van der Waals surface area contributed by atoms with Crippen molar-refractivity contribution >= 4 is 27.7 Å². The summed E-state index contributed by atoms with van der Waals surface area (Å²) in [7, 11) is 0. The van der Waals surface area contributed by atoms with E-state index in [1.54, 1.807) is 6.92 Å². The second-order valence-electron chi connectivity index (χ2n) is 2.82. The quantitative estimate of drug-likeness (QED) is 0.744. The number of hydrogen-bond donors (Lipinski definition) is 3. The van der Waals surface area contributed by atoms with E-state index in [4.69, 9.17) is 10.8 Å². The van der Waals surface area contributed by atoms with Crippen molar-refractivity contribution in [2.75, 3.05) is 18.4 Å². The zero-order valence-corrected chi connectivity index (χ0v) is 9.71. The van der Waals surface area contributed by atoms with Crippen LogP contribution in [0.25, 0.3) is 0 Å². The van der Waals surface area contributed by atoms with Gasteiger partial charge >= 0.3 is 5.97 Å². The summed E-state index contributed by atoms with van der Waals surface area (Å²) >= 11 is 3.13. The lowest BCUT2D eigenvalue weighted by molar-refractivity contribution is 0.0691. The lowest BCUT2D eigenvalue weighted by atomic mass is 10.3. The maximum atomic E-state index is 10.9. The van der Waals surface area contributed by atoms with E-state index < -0.39 is 5.97 Å². The van der Waals surface area contributed by atoms with Gasteiger partial charge in [0, 0.05) is 13.1 Å². The minimum Gasteiger partial charge on any atom is -0.476 e. The van der Waals surface area contributed by atoms with Gasteiger partial charge in [-0.2, -0.15) is 0 Å². The van der Waals surface area contributed by atoms with Gasteiger partial charge in [-0.3, -0.25) is 0 Å². The minimum atomic E-state index is -1.12. The molecule has 0 amide bonds. The number of carboxylic acids is 1. The number of hydrogen-bond acceptors (Lipinski definition) is 5. The van der Waals surface area contributed by atoms with Crippen molar-refractivity contribution in [3.8, 4) is 0 Å². The first kappa shape index (κ1) is 11.9. The Bertz CT molecular complexity index is 383. The van der Waals surface area contributed by atoms with Gasteiger partial charge in [0.25, 0.3) is 0 Å². The Labute approximate surface area is 95.0 Å². The number of halogens is 1. The number of aromatic carboxylic acids is 1. The van der Waals surface area contributed by atoms with Gasteiger partial charge in [-0.15, -0.1) is 0 Å². The molecule has 1 aromatic rings. The molecule has 4 N–H and O–H groups in total. The smallest absolute Gasteiger partial charge is 0.358 e. The lowest BCUT2D eigenvalue weighted by Crippen LogP contribution is -2.18. The number of carbonyl (C=O) groups is 1. The Hall–Kier alpha value is -1.21. The summed E-state index contributed by atoms with van der Waals surface area (Å²) in [5, 5.41) is 11.7. The molecule has 82 valence electrons. The molecule has 1 heterocycles. The predicted molar refractivity (Wildman–Crippen MR) is 59.0 cm³/mol. The fourth-order valence-corrected chi connectivity index (χ4v) is 1.23. The molecule has 0 fully saturated rings. The number of nitrogens with zero attached hydrogens (tertiary/aromatic N) is 2. The second kappa shape index (κ2) is 5.04. The van der Waals surface area contributed by atoms with Crippen LogP contribution in [0.4, 0.5) is 5.82 Å². The Morgan fingerprint density at radius 2 is 2.27 bits per heavy atom. The van der Waals surface area contributed by atoms with Crippen molar-refractivity contribution < 1.29 is 9.90 Å². The second-order valence-corrected chi connectivity index (χ2v) is 3.57. The highest BCUT2D eigenvalue weighted by Gasteiger charge is 2.15. The van der Waals surface area contributed by atoms with E-state index in [1.807, 2.05) is 0 Å². The van der Waals surface area contributed by atoms with E-state index in [1.165, 1.54) is 0 Å². The predicted octanol–water partition coefficient (Wildman–Crippen LogP) is 0.616. The topological polar surface area (TPSA) is 101 Å². The maximum Gasteiger partial charge on any atom is 0.358 e. The molecule has 7 heteroatoms. The third-order valence-electron chi connectivity index (χ3n) is 1.65. The summed E-state index contributed by atoms with van der Waals surface area (Å²) in [4.78, 5) is 18.8. The summed E-state index contributed by atoms with van der Waals surface area (Å²) in [6, 6.07) is 0. The lowest BCUT2D eigenvalue weighted by Gasteiger charge is -2.08. The van der Waals surface area contributed by atoms with Gasteiger partial charge < -0.3 is 16.2 Å². The molecule has 0 spiro atoms. The molecule has 0 saturated carbocycles. The Balaban J connectivity index is 3.10. The molecule has 1 rings (SSSR count). The first-order chi connectivity index (χ1) is 7.06. The number of nitrogens with one attached hydrogen (secondary N) is 1. The van der Waals surface area contributed by atoms with Crippen molar-refractivity contribution in [2.45, 2.75) is 6.92 Å². The summed E-state index contributed by atoms with van der Waals surface area (Å²) in [5.41, 5.74) is 5.82. The number of aromatic nitrogens is 2. The molecule has 0 aliphatic heterocycles. The minimum absolute atomic E-state index is 0.110. The van der Waals surface area contributed by atoms with Crippen LogP contribution in [0.3, 0.4) is 0 Å². The molecule has 0 saturated heterocycles. The molecule has 0 unspecified atom stereocenters. The molecule has 0 aliphatic carbocycles. The van der Waals surface area contributed by atoms with E-state index in [-0.39, 0.29) is 11.5 Å². The number of nitrogens with two attached hydrogens (primary N) is 1. The van der Waals surface area contributed by atoms with Crippen LogP contribution in [0.15, 0.2) is 4.60 Å². The van der Waals surface area contributed by atoms with Crippen LogP contribution in [0.5, 0.6) is 0 Å². The summed E-state index contributed by atoms with van der Waals surface area (Å²) < 4.78 is 0.429. The van der Waals surface area contributed by atoms with E-state index in [0.29, 0.717) is 23.4 Å². The molecule has 0 radical (unpaired) electrons. The van der Waals surface area contributed by atoms with Gasteiger partial charge in [-0.1, -0.05) is 0 Å². The van der Waals surface area contributed by atoms with E-state index >= 15 is 0 Å². The van der Waals surface area contributed by atoms with Gasteiger partial charge in [-0.05, 0) is 22.9 Å². The number of aryl methyl sites for hydroxylation is 1. The van der Waals surface area contributed by atoms with Crippen LogP contribution < -0.4 is 11.1 Å². The van der Waals surface area contributed by atoms with Gasteiger partial charge in [-0.25, -0.2) is 14.8 Å². The summed E-state index contributed by atoms with van der Waals surface area (Å²) in [6.45, 7) is 2.59. The van der Waals surface area contributed by atoms with Gasteiger partial charge in [0.05, 0.1) is 5.69 Å². The fourth-order valence-electron chi connectivity index (χ4n) is 0.962. The molecular weight excluding hydrogens is 264 g/mol. The third kappa shape index (κ3) is 2.87. The van der Waals surface area contributed by atoms with Gasteiger partial charge in [0.1, 0.15) is 4.60 Å². The average molecular weight is 275 g/mol. The molecule has 15 heavy (non-hydrogen) atoms. The van der Waals surface area contributed by atoms with Crippen LogP contribution in [0.1, 0.15) is 16.2 Å². The fraction of sp³-hybridized carbons (Fsp3) is 0.375. The van der Waals surface area contributed by atoms with Crippen molar-refractivity contribution in [3.63, 3.8) is 0 Å². The normalized spacial score (nSPS) is 10.1. The number of rotatable bonds is 4. The van der Waals surface area contributed by atoms with Crippen LogP contribution in [-0.4, -0.2) is 34.1 Å². The molecular formula is C8H11BrN4O2. The van der Waals surface area contributed by atoms with Crippen molar-refractivity contribution in [1.29, 1.82) is 0 Å². The molecule has 1 aromatic heterocycles. The van der Waals surface area contributed by atoms with E-state index in [9.17, 15) is 4.79 Å². The van der Waals surface area contributed by atoms with E-state index in [2.05, 4.69) is 31.2 Å². The zero-order valence-electron chi connectivity index (χ0n) is 8.12. The van der Waals surface area contributed by atoms with Gasteiger partial charge in [0.2, 0.25) is 0 Å². The third-order valence-corrected chi connectivity index (χ3v) is 2.40. The van der Waals surface area contributed by atoms with Crippen molar-refractivity contribution in [1.82, 2.24) is 9.97 Å². The standard InChI is InChI=1S/C8H11BrN4O2/c1-4-6(9)13-5(8(14)15)7(12-4)11-3-2-10/h2-3,10H2,1H3,(H,11,12)(H,14,15). The van der Waals surface area contributed by atoms with Crippen LogP contribution in [0, 0.1) is 6.92 Å². The Morgan fingerprint density at radius 3 is 2.80 bits per heavy atom. The first-order valence-corrected chi connectivity index (χ1v) is 5.07. The molecule has 0 bridgehead atoms. The zero-order chi connectivity index (χ0) is 11.4. The van der Waals surface area contributed by atoms with Crippen LogP contribution in [-0.2, 0) is 0 Å². The van der Waals surface area contributed by atoms with Crippen LogP contribution >= 0.6 is 15.9 Å².